The highest BCUT2D eigenvalue weighted by atomic mass is 16.2. The molecule has 0 spiro atoms. The van der Waals surface area contributed by atoms with Gasteiger partial charge in [-0.2, -0.15) is 0 Å². The molecule has 1 aliphatic carbocycles. The number of aromatic nitrogens is 1. The van der Waals surface area contributed by atoms with Crippen molar-refractivity contribution in [1.29, 1.82) is 0 Å². The lowest BCUT2D eigenvalue weighted by atomic mass is 10.2. The second kappa shape index (κ2) is 6.63. The predicted octanol–water partition coefficient (Wildman–Crippen LogP) is 0.509. The first-order chi connectivity index (χ1) is 9.13. The molecule has 1 heterocycles. The van der Waals surface area contributed by atoms with Gasteiger partial charge in [-0.25, -0.2) is 0 Å². The average Bonchev–Trinajstić information content (AvgIpc) is 2.75. The molecule has 0 bridgehead atoms. The van der Waals surface area contributed by atoms with Gasteiger partial charge < -0.3 is 11.1 Å². The minimum Gasteiger partial charge on any atom is -0.352 e. The number of amides is 1. The van der Waals surface area contributed by atoms with E-state index in [1.807, 2.05) is 30.1 Å². The molecule has 1 saturated carbocycles. The Morgan fingerprint density at radius 3 is 3.00 bits per heavy atom. The van der Waals surface area contributed by atoms with Crippen LogP contribution in [0.2, 0.25) is 0 Å². The molecule has 1 aromatic rings. The second-order valence-electron chi connectivity index (χ2n) is 5.33. The minimum absolute atomic E-state index is 0.0672. The quantitative estimate of drug-likeness (QED) is 0.811. The number of nitrogens with one attached hydrogen (secondary N) is 1. The number of nitrogens with two attached hydrogens (primary N) is 1. The van der Waals surface area contributed by atoms with Crippen LogP contribution in [0.1, 0.15) is 25.0 Å². The van der Waals surface area contributed by atoms with E-state index in [4.69, 9.17) is 5.73 Å². The zero-order valence-electron chi connectivity index (χ0n) is 11.4. The average molecular weight is 262 g/mol. The van der Waals surface area contributed by atoms with Crippen molar-refractivity contribution in [3.05, 3.63) is 30.1 Å². The van der Waals surface area contributed by atoms with E-state index >= 15 is 0 Å². The molecule has 19 heavy (non-hydrogen) atoms. The Bertz CT molecular complexity index is 409. The normalized spacial score (nSPS) is 22.7. The van der Waals surface area contributed by atoms with E-state index in [0.717, 1.165) is 25.0 Å². The maximum atomic E-state index is 11.9. The van der Waals surface area contributed by atoms with Crippen LogP contribution in [0.4, 0.5) is 0 Å². The van der Waals surface area contributed by atoms with Crippen molar-refractivity contribution in [2.24, 2.45) is 5.73 Å². The van der Waals surface area contributed by atoms with Gasteiger partial charge in [0.05, 0.1) is 12.2 Å². The molecule has 0 radical (unpaired) electrons. The van der Waals surface area contributed by atoms with Gasteiger partial charge in [-0.15, -0.1) is 0 Å². The third kappa shape index (κ3) is 4.61. The summed E-state index contributed by atoms with van der Waals surface area (Å²) in [5.74, 6) is 0.0672. The van der Waals surface area contributed by atoms with Crippen molar-refractivity contribution < 1.29 is 4.79 Å². The van der Waals surface area contributed by atoms with E-state index in [2.05, 4.69) is 10.3 Å². The summed E-state index contributed by atoms with van der Waals surface area (Å²) in [4.78, 5) is 18.1. The van der Waals surface area contributed by atoms with Crippen molar-refractivity contribution in [1.82, 2.24) is 15.2 Å². The minimum atomic E-state index is 0.0672. The molecule has 0 aromatic carbocycles. The summed E-state index contributed by atoms with van der Waals surface area (Å²) in [5.41, 5.74) is 6.81. The van der Waals surface area contributed by atoms with Crippen molar-refractivity contribution in [2.75, 3.05) is 13.6 Å². The standard InChI is InChI=1S/C14H22N4O/c1-18(9-13-4-2-3-7-16-13)10-14(19)17-12-6-5-11(15)8-12/h2-4,7,11-12H,5-6,8-10,15H2,1H3,(H,17,19)/t11-,12-/m0/s1. The highest BCUT2D eigenvalue weighted by Crippen LogP contribution is 2.16. The fourth-order valence-corrected chi connectivity index (χ4v) is 2.49. The fraction of sp³-hybridized carbons (Fsp3) is 0.571. The number of rotatable bonds is 5. The lowest BCUT2D eigenvalue weighted by molar-refractivity contribution is -0.122. The van der Waals surface area contributed by atoms with Crippen LogP contribution < -0.4 is 11.1 Å². The monoisotopic (exact) mass is 262 g/mol. The van der Waals surface area contributed by atoms with E-state index in [9.17, 15) is 4.79 Å². The molecule has 2 rings (SSSR count). The van der Waals surface area contributed by atoms with Crippen LogP contribution in [0.3, 0.4) is 0 Å². The molecule has 104 valence electrons. The number of hydrogen-bond acceptors (Lipinski definition) is 4. The van der Waals surface area contributed by atoms with Gasteiger partial charge in [0.25, 0.3) is 0 Å². The van der Waals surface area contributed by atoms with Gasteiger partial charge in [-0.05, 0) is 38.4 Å². The summed E-state index contributed by atoms with van der Waals surface area (Å²) < 4.78 is 0. The number of carbonyl (C=O) groups is 1. The lowest BCUT2D eigenvalue weighted by Crippen LogP contribution is -2.40. The zero-order chi connectivity index (χ0) is 13.7. The van der Waals surface area contributed by atoms with Crippen LogP contribution in [0.15, 0.2) is 24.4 Å². The first-order valence-electron chi connectivity index (χ1n) is 6.77. The number of carbonyl (C=O) groups excluding carboxylic acids is 1. The molecule has 0 aliphatic heterocycles. The van der Waals surface area contributed by atoms with Crippen LogP contribution in [-0.4, -0.2) is 41.5 Å². The molecule has 0 saturated heterocycles. The Morgan fingerprint density at radius 2 is 2.37 bits per heavy atom. The molecule has 5 nitrogen and oxygen atoms in total. The zero-order valence-corrected chi connectivity index (χ0v) is 11.4. The van der Waals surface area contributed by atoms with Crippen LogP contribution in [0.25, 0.3) is 0 Å². The number of hydrogen-bond donors (Lipinski definition) is 2. The highest BCUT2D eigenvalue weighted by Gasteiger charge is 2.23. The third-order valence-electron chi connectivity index (χ3n) is 3.41. The predicted molar refractivity (Wildman–Crippen MR) is 74.3 cm³/mol. The first kappa shape index (κ1) is 14.0. The smallest absolute Gasteiger partial charge is 0.234 e. The molecular weight excluding hydrogens is 240 g/mol. The Hall–Kier alpha value is -1.46. The highest BCUT2D eigenvalue weighted by molar-refractivity contribution is 5.78. The van der Waals surface area contributed by atoms with E-state index in [1.54, 1.807) is 6.20 Å². The number of pyridine rings is 1. The molecule has 1 amide bonds. The van der Waals surface area contributed by atoms with Crippen LogP contribution >= 0.6 is 0 Å². The van der Waals surface area contributed by atoms with Crippen molar-refractivity contribution in [3.63, 3.8) is 0 Å². The van der Waals surface area contributed by atoms with Crippen LogP contribution in [0.5, 0.6) is 0 Å². The summed E-state index contributed by atoms with van der Waals surface area (Å²) in [6, 6.07) is 6.31. The van der Waals surface area contributed by atoms with Gasteiger partial charge in [0.1, 0.15) is 0 Å². The SMILES string of the molecule is CN(CC(=O)N[C@H]1CC[C@H](N)C1)Cc1ccccn1. The van der Waals surface area contributed by atoms with Gasteiger partial charge in [-0.3, -0.25) is 14.7 Å². The maximum Gasteiger partial charge on any atom is 0.234 e. The van der Waals surface area contributed by atoms with Crippen molar-refractivity contribution >= 4 is 5.91 Å². The maximum absolute atomic E-state index is 11.9. The summed E-state index contributed by atoms with van der Waals surface area (Å²) >= 11 is 0. The van der Waals surface area contributed by atoms with Crippen molar-refractivity contribution in [3.8, 4) is 0 Å². The van der Waals surface area contributed by atoms with E-state index in [-0.39, 0.29) is 18.0 Å². The summed E-state index contributed by atoms with van der Waals surface area (Å²) in [6.07, 6.45) is 4.67. The second-order valence-corrected chi connectivity index (χ2v) is 5.33. The van der Waals surface area contributed by atoms with Gasteiger partial charge in [0.2, 0.25) is 5.91 Å². The molecule has 1 aromatic heterocycles. The Kier molecular flexibility index (Phi) is 4.87. The molecule has 5 heteroatoms. The first-order valence-corrected chi connectivity index (χ1v) is 6.77. The Balaban J connectivity index is 1.73. The molecule has 2 atom stereocenters. The van der Waals surface area contributed by atoms with E-state index in [0.29, 0.717) is 13.1 Å². The molecule has 3 N–H and O–H groups in total. The van der Waals surface area contributed by atoms with Gasteiger partial charge in [0.15, 0.2) is 0 Å². The van der Waals surface area contributed by atoms with Crippen LogP contribution in [-0.2, 0) is 11.3 Å². The van der Waals surface area contributed by atoms with Crippen LogP contribution in [0, 0.1) is 0 Å². The molecule has 1 fully saturated rings. The fourth-order valence-electron chi connectivity index (χ4n) is 2.49. The molecule has 1 aliphatic rings. The van der Waals surface area contributed by atoms with Gasteiger partial charge >= 0.3 is 0 Å². The van der Waals surface area contributed by atoms with Gasteiger partial charge in [-0.1, -0.05) is 6.07 Å². The largest absolute Gasteiger partial charge is 0.352 e. The number of nitrogens with zero attached hydrogens (tertiary/aromatic N) is 2. The topological polar surface area (TPSA) is 71.2 Å². The Labute approximate surface area is 114 Å². The third-order valence-corrected chi connectivity index (χ3v) is 3.41. The Morgan fingerprint density at radius 1 is 1.53 bits per heavy atom. The summed E-state index contributed by atoms with van der Waals surface area (Å²) in [5, 5.41) is 3.04. The van der Waals surface area contributed by atoms with Gasteiger partial charge in [0, 0.05) is 24.8 Å². The summed E-state index contributed by atoms with van der Waals surface area (Å²) in [7, 11) is 1.93. The molecule has 0 unspecified atom stereocenters. The molecular formula is C14H22N4O. The van der Waals surface area contributed by atoms with Crippen molar-refractivity contribution in [2.45, 2.75) is 37.9 Å². The summed E-state index contributed by atoms with van der Waals surface area (Å²) in [6.45, 7) is 1.07. The van der Waals surface area contributed by atoms with E-state index < -0.39 is 0 Å². The lowest BCUT2D eigenvalue weighted by Gasteiger charge is -2.18. The van der Waals surface area contributed by atoms with E-state index in [1.165, 1.54) is 0 Å². The number of likely N-dealkylation sites (N-methyl/N-ethyl adjacent to an activating group) is 1.